The predicted molar refractivity (Wildman–Crippen MR) is 84.7 cm³/mol. The number of nitrogens with zero attached hydrogens (tertiary/aromatic N) is 1. The molecule has 0 bridgehead atoms. The zero-order chi connectivity index (χ0) is 15.4. The highest BCUT2D eigenvalue weighted by molar-refractivity contribution is 6.36. The van der Waals surface area contributed by atoms with E-state index in [0.717, 1.165) is 5.76 Å². The van der Waals surface area contributed by atoms with Gasteiger partial charge in [-0.15, -0.1) is 0 Å². The quantitative estimate of drug-likeness (QED) is 0.901. The van der Waals surface area contributed by atoms with Crippen LogP contribution in [0.1, 0.15) is 12.7 Å². The number of benzene rings is 1. The van der Waals surface area contributed by atoms with Crippen LogP contribution in [0.4, 0.5) is 5.69 Å². The molecule has 0 saturated heterocycles. The molecular weight excluding hydrogens is 311 g/mol. The lowest BCUT2D eigenvalue weighted by atomic mass is 10.2. The fourth-order valence-corrected chi connectivity index (χ4v) is 2.27. The minimum Gasteiger partial charge on any atom is -0.468 e. The van der Waals surface area contributed by atoms with Crippen LogP contribution in [-0.4, -0.2) is 23.9 Å². The molecule has 0 saturated carbocycles. The van der Waals surface area contributed by atoms with E-state index in [1.165, 1.54) is 0 Å². The lowest BCUT2D eigenvalue weighted by molar-refractivity contribution is -0.120. The summed E-state index contributed by atoms with van der Waals surface area (Å²) in [6.45, 7) is 2.37. The Morgan fingerprint density at radius 3 is 2.76 bits per heavy atom. The van der Waals surface area contributed by atoms with Crippen LogP contribution in [0.15, 0.2) is 41.0 Å². The van der Waals surface area contributed by atoms with E-state index in [1.54, 1.807) is 24.5 Å². The summed E-state index contributed by atoms with van der Waals surface area (Å²) in [5.74, 6) is 0.662. The average molecular weight is 327 g/mol. The lowest BCUT2D eigenvalue weighted by Gasteiger charge is -2.23. The van der Waals surface area contributed by atoms with Crippen molar-refractivity contribution in [2.45, 2.75) is 19.5 Å². The van der Waals surface area contributed by atoms with Crippen molar-refractivity contribution in [3.8, 4) is 0 Å². The molecule has 1 N–H and O–H groups in total. The van der Waals surface area contributed by atoms with Gasteiger partial charge >= 0.3 is 0 Å². The van der Waals surface area contributed by atoms with Crippen molar-refractivity contribution in [1.29, 1.82) is 0 Å². The fraction of sp³-hybridized carbons (Fsp3) is 0.267. The number of likely N-dealkylation sites (N-methyl/N-ethyl adjacent to an activating group) is 1. The van der Waals surface area contributed by atoms with Gasteiger partial charge in [0.1, 0.15) is 5.76 Å². The van der Waals surface area contributed by atoms with E-state index in [9.17, 15) is 4.79 Å². The van der Waals surface area contributed by atoms with Crippen molar-refractivity contribution in [3.63, 3.8) is 0 Å². The number of anilines is 1. The van der Waals surface area contributed by atoms with Crippen LogP contribution in [-0.2, 0) is 11.3 Å². The first-order valence-corrected chi connectivity index (χ1v) is 7.21. The number of rotatable bonds is 5. The van der Waals surface area contributed by atoms with Gasteiger partial charge in [0.2, 0.25) is 5.91 Å². The number of amides is 1. The Balaban J connectivity index is 1.98. The molecule has 0 spiro atoms. The van der Waals surface area contributed by atoms with Crippen LogP contribution in [0, 0.1) is 0 Å². The molecule has 0 aliphatic rings. The minimum absolute atomic E-state index is 0.145. The maximum absolute atomic E-state index is 12.2. The van der Waals surface area contributed by atoms with Crippen LogP contribution in [0.2, 0.25) is 10.0 Å². The molecular formula is C15H16Cl2N2O2. The van der Waals surface area contributed by atoms with Gasteiger partial charge < -0.3 is 9.73 Å². The Morgan fingerprint density at radius 1 is 1.38 bits per heavy atom. The van der Waals surface area contributed by atoms with Gasteiger partial charge in [0.15, 0.2) is 0 Å². The van der Waals surface area contributed by atoms with Crippen molar-refractivity contribution < 1.29 is 9.21 Å². The molecule has 6 heteroatoms. The summed E-state index contributed by atoms with van der Waals surface area (Å²) in [5, 5.41) is 3.74. The molecule has 2 aromatic rings. The number of halogens is 2. The zero-order valence-electron chi connectivity index (χ0n) is 11.8. The highest BCUT2D eigenvalue weighted by Crippen LogP contribution is 2.25. The zero-order valence-corrected chi connectivity index (χ0v) is 13.3. The Bertz CT molecular complexity index is 614. The lowest BCUT2D eigenvalue weighted by Crippen LogP contribution is -2.39. The monoisotopic (exact) mass is 326 g/mol. The third-order valence-corrected chi connectivity index (χ3v) is 3.76. The standard InChI is InChI=1S/C15H16Cl2N2O2/c1-10(19(2)9-12-4-3-7-21-12)15(20)18-14-6-5-11(16)8-13(14)17/h3-8,10H,9H2,1-2H3,(H,18,20)/t10-/m0/s1. The molecule has 1 aromatic carbocycles. The molecule has 0 fully saturated rings. The predicted octanol–water partition coefficient (Wildman–Crippen LogP) is 4.05. The normalized spacial score (nSPS) is 12.4. The number of carbonyl (C=O) groups excluding carboxylic acids is 1. The number of carbonyl (C=O) groups is 1. The summed E-state index contributed by atoms with van der Waals surface area (Å²) < 4.78 is 5.28. The van der Waals surface area contributed by atoms with Gasteiger partial charge in [0.25, 0.3) is 0 Å². The van der Waals surface area contributed by atoms with Gasteiger partial charge in [0.05, 0.1) is 29.6 Å². The molecule has 1 aromatic heterocycles. The van der Waals surface area contributed by atoms with Gasteiger partial charge in [-0.1, -0.05) is 23.2 Å². The van der Waals surface area contributed by atoms with Gasteiger partial charge in [0, 0.05) is 5.02 Å². The van der Waals surface area contributed by atoms with Crippen molar-refractivity contribution in [3.05, 3.63) is 52.4 Å². The van der Waals surface area contributed by atoms with Crippen LogP contribution in [0.25, 0.3) is 0 Å². The van der Waals surface area contributed by atoms with Crippen LogP contribution in [0.5, 0.6) is 0 Å². The average Bonchev–Trinajstić information content (AvgIpc) is 2.93. The number of nitrogens with one attached hydrogen (secondary N) is 1. The van der Waals surface area contributed by atoms with E-state index in [0.29, 0.717) is 22.3 Å². The summed E-state index contributed by atoms with van der Waals surface area (Å²) in [6.07, 6.45) is 1.61. The fourth-order valence-electron chi connectivity index (χ4n) is 1.81. The first-order chi connectivity index (χ1) is 9.97. The summed E-state index contributed by atoms with van der Waals surface area (Å²) in [6, 6.07) is 8.32. The van der Waals surface area contributed by atoms with E-state index in [1.807, 2.05) is 31.0 Å². The molecule has 4 nitrogen and oxygen atoms in total. The third kappa shape index (κ3) is 4.24. The largest absolute Gasteiger partial charge is 0.468 e. The van der Waals surface area contributed by atoms with Crippen molar-refractivity contribution in [1.82, 2.24) is 4.90 Å². The van der Waals surface area contributed by atoms with E-state index in [4.69, 9.17) is 27.6 Å². The number of hydrogen-bond donors (Lipinski definition) is 1. The summed E-state index contributed by atoms with van der Waals surface area (Å²) in [5.41, 5.74) is 0.546. The van der Waals surface area contributed by atoms with Crippen LogP contribution >= 0.6 is 23.2 Å². The topological polar surface area (TPSA) is 45.5 Å². The second kappa shape index (κ2) is 6.98. The van der Waals surface area contributed by atoms with E-state index >= 15 is 0 Å². The Kier molecular flexibility index (Phi) is 5.28. The maximum Gasteiger partial charge on any atom is 0.241 e. The second-order valence-electron chi connectivity index (χ2n) is 4.78. The molecule has 0 radical (unpaired) electrons. The van der Waals surface area contributed by atoms with E-state index in [-0.39, 0.29) is 11.9 Å². The number of furan rings is 1. The molecule has 1 atom stereocenters. The molecule has 1 heterocycles. The summed E-state index contributed by atoms with van der Waals surface area (Å²) in [4.78, 5) is 14.1. The Labute approximate surface area is 133 Å². The van der Waals surface area contributed by atoms with Crippen LogP contribution < -0.4 is 5.32 Å². The highest BCUT2D eigenvalue weighted by atomic mass is 35.5. The van der Waals surface area contributed by atoms with Gasteiger partial charge in [-0.05, 0) is 44.3 Å². The first kappa shape index (κ1) is 15.9. The van der Waals surface area contributed by atoms with Crippen molar-refractivity contribution >= 4 is 34.8 Å². The summed E-state index contributed by atoms with van der Waals surface area (Å²) in [7, 11) is 1.86. The molecule has 21 heavy (non-hydrogen) atoms. The summed E-state index contributed by atoms with van der Waals surface area (Å²) >= 11 is 11.9. The minimum atomic E-state index is -0.332. The second-order valence-corrected chi connectivity index (χ2v) is 5.63. The van der Waals surface area contributed by atoms with Crippen LogP contribution in [0.3, 0.4) is 0 Å². The molecule has 0 unspecified atom stereocenters. The van der Waals surface area contributed by atoms with Crippen molar-refractivity contribution in [2.75, 3.05) is 12.4 Å². The maximum atomic E-state index is 12.2. The highest BCUT2D eigenvalue weighted by Gasteiger charge is 2.19. The Morgan fingerprint density at radius 2 is 2.14 bits per heavy atom. The van der Waals surface area contributed by atoms with Gasteiger partial charge in [-0.25, -0.2) is 0 Å². The molecule has 112 valence electrons. The van der Waals surface area contributed by atoms with Crippen molar-refractivity contribution in [2.24, 2.45) is 0 Å². The van der Waals surface area contributed by atoms with Gasteiger partial charge in [-0.2, -0.15) is 0 Å². The molecule has 1 amide bonds. The Hall–Kier alpha value is -1.49. The van der Waals surface area contributed by atoms with E-state index in [2.05, 4.69) is 5.32 Å². The number of hydrogen-bond acceptors (Lipinski definition) is 3. The molecule has 2 rings (SSSR count). The molecule has 0 aliphatic heterocycles. The third-order valence-electron chi connectivity index (χ3n) is 3.21. The van der Waals surface area contributed by atoms with E-state index < -0.39 is 0 Å². The smallest absolute Gasteiger partial charge is 0.241 e. The SMILES string of the molecule is C[C@@H](C(=O)Nc1ccc(Cl)cc1Cl)N(C)Cc1ccco1. The molecule has 0 aliphatic carbocycles. The van der Waals surface area contributed by atoms with Gasteiger partial charge in [-0.3, -0.25) is 9.69 Å². The first-order valence-electron chi connectivity index (χ1n) is 6.46.